The van der Waals surface area contributed by atoms with E-state index in [4.69, 9.17) is 0 Å². The SMILES string of the molecule is CN(C)S(=O)(=O)N1CCN(C(=O)Nc2ccccc2)CC1. The highest BCUT2D eigenvalue weighted by atomic mass is 32.2. The molecule has 0 bridgehead atoms. The van der Waals surface area contributed by atoms with Gasteiger partial charge in [-0.05, 0) is 12.1 Å². The summed E-state index contributed by atoms with van der Waals surface area (Å²) in [6.45, 7) is 1.38. The Balaban J connectivity index is 1.91. The maximum atomic E-state index is 12.1. The maximum absolute atomic E-state index is 12.1. The molecule has 1 fully saturated rings. The first-order valence-corrected chi connectivity index (χ1v) is 8.09. The normalized spacial score (nSPS) is 17.0. The number of carbonyl (C=O) groups is 1. The van der Waals surface area contributed by atoms with Crippen LogP contribution in [0, 0.1) is 0 Å². The molecule has 21 heavy (non-hydrogen) atoms. The summed E-state index contributed by atoms with van der Waals surface area (Å²) in [5, 5.41) is 2.80. The highest BCUT2D eigenvalue weighted by molar-refractivity contribution is 7.86. The second kappa shape index (κ2) is 6.42. The Labute approximate surface area is 125 Å². The Morgan fingerprint density at radius 1 is 1.10 bits per heavy atom. The van der Waals surface area contributed by atoms with Crippen LogP contribution >= 0.6 is 0 Å². The number of benzene rings is 1. The van der Waals surface area contributed by atoms with Crippen LogP contribution in [0.4, 0.5) is 10.5 Å². The number of anilines is 1. The van der Waals surface area contributed by atoms with Crippen molar-refractivity contribution in [3.63, 3.8) is 0 Å². The van der Waals surface area contributed by atoms with Crippen molar-refractivity contribution in [2.75, 3.05) is 45.6 Å². The van der Waals surface area contributed by atoms with Gasteiger partial charge in [0.25, 0.3) is 10.2 Å². The van der Waals surface area contributed by atoms with Gasteiger partial charge < -0.3 is 10.2 Å². The van der Waals surface area contributed by atoms with Crippen LogP contribution in [0.25, 0.3) is 0 Å². The zero-order valence-electron chi connectivity index (χ0n) is 12.2. The first-order chi connectivity index (χ1) is 9.91. The van der Waals surface area contributed by atoms with Crippen molar-refractivity contribution in [3.8, 4) is 0 Å². The number of nitrogens with one attached hydrogen (secondary N) is 1. The van der Waals surface area contributed by atoms with Crippen molar-refractivity contribution in [1.29, 1.82) is 0 Å². The lowest BCUT2D eigenvalue weighted by Crippen LogP contribution is -2.53. The van der Waals surface area contributed by atoms with Crippen molar-refractivity contribution in [2.45, 2.75) is 0 Å². The molecule has 7 nitrogen and oxygen atoms in total. The number of rotatable bonds is 3. The molecule has 0 aliphatic carbocycles. The number of hydrogen-bond acceptors (Lipinski definition) is 3. The van der Waals surface area contributed by atoms with Crippen LogP contribution in [-0.4, -0.2) is 68.2 Å². The summed E-state index contributed by atoms with van der Waals surface area (Å²) in [6, 6.07) is 8.98. The van der Waals surface area contributed by atoms with Gasteiger partial charge in [0.15, 0.2) is 0 Å². The molecule has 1 aliphatic heterocycles. The monoisotopic (exact) mass is 312 g/mol. The van der Waals surface area contributed by atoms with Gasteiger partial charge in [-0.1, -0.05) is 18.2 Å². The van der Waals surface area contributed by atoms with E-state index in [-0.39, 0.29) is 6.03 Å². The fourth-order valence-corrected chi connectivity index (χ4v) is 3.16. The van der Waals surface area contributed by atoms with Crippen molar-refractivity contribution in [1.82, 2.24) is 13.5 Å². The van der Waals surface area contributed by atoms with E-state index >= 15 is 0 Å². The van der Waals surface area contributed by atoms with Crippen LogP contribution in [0.3, 0.4) is 0 Å². The summed E-state index contributed by atoms with van der Waals surface area (Å²) in [6.07, 6.45) is 0. The molecule has 0 unspecified atom stereocenters. The van der Waals surface area contributed by atoms with Crippen molar-refractivity contribution >= 4 is 21.9 Å². The van der Waals surface area contributed by atoms with Crippen molar-refractivity contribution in [3.05, 3.63) is 30.3 Å². The third-order valence-corrected chi connectivity index (χ3v) is 5.28. The van der Waals surface area contributed by atoms with E-state index in [0.717, 1.165) is 5.69 Å². The molecule has 0 spiro atoms. The lowest BCUT2D eigenvalue weighted by Gasteiger charge is -2.35. The Kier molecular flexibility index (Phi) is 4.81. The largest absolute Gasteiger partial charge is 0.322 e. The quantitative estimate of drug-likeness (QED) is 0.890. The van der Waals surface area contributed by atoms with Crippen LogP contribution in [0.5, 0.6) is 0 Å². The number of amides is 2. The fourth-order valence-electron chi connectivity index (χ4n) is 2.08. The Morgan fingerprint density at radius 3 is 2.19 bits per heavy atom. The zero-order valence-corrected chi connectivity index (χ0v) is 13.0. The number of nitrogens with zero attached hydrogens (tertiary/aromatic N) is 3. The summed E-state index contributed by atoms with van der Waals surface area (Å²) >= 11 is 0. The smallest absolute Gasteiger partial charge is 0.321 e. The predicted octanol–water partition coefficient (Wildman–Crippen LogP) is 0.642. The Morgan fingerprint density at radius 2 is 1.67 bits per heavy atom. The van der Waals surface area contributed by atoms with Gasteiger partial charge in [-0.25, -0.2) is 4.79 Å². The molecular formula is C13H20N4O3S. The van der Waals surface area contributed by atoms with E-state index in [1.54, 1.807) is 4.90 Å². The third kappa shape index (κ3) is 3.72. The lowest BCUT2D eigenvalue weighted by atomic mass is 10.3. The summed E-state index contributed by atoms with van der Waals surface area (Å²) in [5.74, 6) is 0. The second-order valence-electron chi connectivity index (χ2n) is 4.97. The van der Waals surface area contributed by atoms with Gasteiger partial charge in [0.1, 0.15) is 0 Å². The minimum absolute atomic E-state index is 0.205. The molecule has 116 valence electrons. The van der Waals surface area contributed by atoms with Crippen LogP contribution in [0.2, 0.25) is 0 Å². The summed E-state index contributed by atoms with van der Waals surface area (Å²) in [4.78, 5) is 13.7. The highest BCUT2D eigenvalue weighted by Gasteiger charge is 2.30. The number of hydrogen-bond donors (Lipinski definition) is 1. The average molecular weight is 312 g/mol. The highest BCUT2D eigenvalue weighted by Crippen LogP contribution is 2.12. The van der Waals surface area contributed by atoms with Gasteiger partial charge in [-0.2, -0.15) is 17.0 Å². The molecule has 1 heterocycles. The van der Waals surface area contributed by atoms with Crippen LogP contribution < -0.4 is 5.32 Å². The van der Waals surface area contributed by atoms with Gasteiger partial charge in [0.05, 0.1) is 0 Å². The molecule has 1 aromatic carbocycles. The third-order valence-electron chi connectivity index (χ3n) is 3.34. The summed E-state index contributed by atoms with van der Waals surface area (Å²) in [7, 11) is -0.392. The molecule has 0 radical (unpaired) electrons. The average Bonchev–Trinajstić information content (AvgIpc) is 2.48. The Bertz CT molecular complexity index is 581. The summed E-state index contributed by atoms with van der Waals surface area (Å²) in [5.41, 5.74) is 0.728. The molecule has 1 aliphatic rings. The first-order valence-electron chi connectivity index (χ1n) is 6.70. The zero-order chi connectivity index (χ0) is 15.5. The van der Waals surface area contributed by atoms with Gasteiger partial charge in [-0.3, -0.25) is 0 Å². The van der Waals surface area contributed by atoms with E-state index in [2.05, 4.69) is 5.32 Å². The minimum atomic E-state index is -3.40. The standard InChI is InChI=1S/C13H20N4O3S/c1-15(2)21(19,20)17-10-8-16(9-11-17)13(18)14-12-6-4-3-5-7-12/h3-7H,8-11H2,1-2H3,(H,14,18). The number of urea groups is 1. The van der Waals surface area contributed by atoms with Gasteiger partial charge in [0.2, 0.25) is 0 Å². The molecule has 1 aromatic rings. The van der Waals surface area contributed by atoms with E-state index in [1.165, 1.54) is 22.7 Å². The van der Waals surface area contributed by atoms with Gasteiger partial charge in [-0.15, -0.1) is 0 Å². The lowest BCUT2D eigenvalue weighted by molar-refractivity contribution is 0.182. The molecule has 2 rings (SSSR count). The van der Waals surface area contributed by atoms with Crippen LogP contribution in [0.15, 0.2) is 30.3 Å². The van der Waals surface area contributed by atoms with Crippen LogP contribution in [0.1, 0.15) is 0 Å². The van der Waals surface area contributed by atoms with E-state index in [1.807, 2.05) is 30.3 Å². The first kappa shape index (κ1) is 15.7. The second-order valence-corrected chi connectivity index (χ2v) is 7.11. The summed E-state index contributed by atoms with van der Waals surface area (Å²) < 4.78 is 26.5. The fraction of sp³-hybridized carbons (Fsp3) is 0.462. The van der Waals surface area contributed by atoms with Crippen molar-refractivity contribution < 1.29 is 13.2 Å². The molecule has 8 heteroatoms. The molecule has 0 atom stereocenters. The van der Waals surface area contributed by atoms with E-state index < -0.39 is 10.2 Å². The molecule has 0 saturated carbocycles. The van der Waals surface area contributed by atoms with E-state index in [0.29, 0.717) is 26.2 Å². The van der Waals surface area contributed by atoms with E-state index in [9.17, 15) is 13.2 Å². The number of piperazine rings is 1. The minimum Gasteiger partial charge on any atom is -0.322 e. The number of carbonyl (C=O) groups excluding carboxylic acids is 1. The van der Waals surface area contributed by atoms with Crippen LogP contribution in [-0.2, 0) is 10.2 Å². The predicted molar refractivity (Wildman–Crippen MR) is 81.2 cm³/mol. The Hall–Kier alpha value is -1.64. The number of para-hydroxylation sites is 1. The topological polar surface area (TPSA) is 73.0 Å². The van der Waals surface area contributed by atoms with Gasteiger partial charge in [0, 0.05) is 46.0 Å². The molecule has 2 amide bonds. The molecule has 1 N–H and O–H groups in total. The van der Waals surface area contributed by atoms with Gasteiger partial charge >= 0.3 is 6.03 Å². The maximum Gasteiger partial charge on any atom is 0.321 e. The molecule has 1 saturated heterocycles. The molecular weight excluding hydrogens is 292 g/mol. The molecule has 0 aromatic heterocycles. The van der Waals surface area contributed by atoms with Crippen molar-refractivity contribution in [2.24, 2.45) is 0 Å².